The highest BCUT2D eigenvalue weighted by Gasteiger charge is 2.41. The number of carbonyl (C=O) groups is 3. The quantitative estimate of drug-likeness (QED) is 0.828. The van der Waals surface area contributed by atoms with Crippen LogP contribution in [0.5, 0.6) is 0 Å². The molecule has 0 bridgehead atoms. The van der Waals surface area contributed by atoms with Gasteiger partial charge in [0.2, 0.25) is 11.8 Å². The predicted molar refractivity (Wildman–Crippen MR) is 74.4 cm³/mol. The SMILES string of the molecule is O=C(O)[C@@H]1CCCCN1C(=O)C1CC(=O)N(CC2CC2)C1. The van der Waals surface area contributed by atoms with E-state index in [1.165, 1.54) is 17.7 Å². The number of amides is 2. The number of rotatable bonds is 4. The highest BCUT2D eigenvalue weighted by Crippen LogP contribution is 2.32. The van der Waals surface area contributed by atoms with Crippen LogP contribution in [0.2, 0.25) is 0 Å². The van der Waals surface area contributed by atoms with Crippen molar-refractivity contribution in [3.8, 4) is 0 Å². The highest BCUT2D eigenvalue weighted by atomic mass is 16.4. The summed E-state index contributed by atoms with van der Waals surface area (Å²) in [7, 11) is 0. The van der Waals surface area contributed by atoms with Gasteiger partial charge < -0.3 is 14.9 Å². The number of piperidine rings is 1. The predicted octanol–water partition coefficient (Wildman–Crippen LogP) is 0.711. The molecule has 6 nitrogen and oxygen atoms in total. The Labute approximate surface area is 124 Å². The zero-order valence-electron chi connectivity index (χ0n) is 12.2. The van der Waals surface area contributed by atoms with E-state index in [4.69, 9.17) is 0 Å². The van der Waals surface area contributed by atoms with E-state index >= 15 is 0 Å². The van der Waals surface area contributed by atoms with Crippen LogP contribution in [0.1, 0.15) is 38.5 Å². The molecular weight excluding hydrogens is 272 g/mol. The Hall–Kier alpha value is -1.59. The minimum atomic E-state index is -0.929. The molecule has 3 rings (SSSR count). The summed E-state index contributed by atoms with van der Waals surface area (Å²) in [5, 5.41) is 9.26. The van der Waals surface area contributed by atoms with E-state index < -0.39 is 12.0 Å². The van der Waals surface area contributed by atoms with Gasteiger partial charge in [-0.1, -0.05) is 0 Å². The lowest BCUT2D eigenvalue weighted by Crippen LogP contribution is -2.50. The molecule has 1 aliphatic carbocycles. The Bertz CT molecular complexity index is 461. The van der Waals surface area contributed by atoms with E-state index in [9.17, 15) is 19.5 Å². The van der Waals surface area contributed by atoms with Crippen molar-refractivity contribution < 1.29 is 19.5 Å². The van der Waals surface area contributed by atoms with Crippen molar-refractivity contribution in [3.05, 3.63) is 0 Å². The summed E-state index contributed by atoms with van der Waals surface area (Å²) < 4.78 is 0. The molecule has 1 saturated carbocycles. The number of nitrogens with zero attached hydrogens (tertiary/aromatic N) is 2. The van der Waals surface area contributed by atoms with Crippen molar-refractivity contribution in [3.63, 3.8) is 0 Å². The van der Waals surface area contributed by atoms with Crippen LogP contribution in [0.25, 0.3) is 0 Å². The molecule has 2 heterocycles. The van der Waals surface area contributed by atoms with E-state index in [-0.39, 0.29) is 24.2 Å². The molecule has 3 aliphatic rings. The third-order valence-corrected chi connectivity index (χ3v) is 4.81. The summed E-state index contributed by atoms with van der Waals surface area (Å²) in [6.07, 6.45) is 4.81. The van der Waals surface area contributed by atoms with Crippen molar-refractivity contribution >= 4 is 17.8 Å². The lowest BCUT2D eigenvalue weighted by Gasteiger charge is -2.34. The first-order chi connectivity index (χ1) is 10.1. The third kappa shape index (κ3) is 3.04. The molecule has 0 spiro atoms. The maximum atomic E-state index is 12.6. The maximum absolute atomic E-state index is 12.6. The van der Waals surface area contributed by atoms with Gasteiger partial charge in [0.05, 0.1) is 5.92 Å². The Balaban J connectivity index is 1.64. The first-order valence-corrected chi connectivity index (χ1v) is 7.87. The summed E-state index contributed by atoms with van der Waals surface area (Å²) in [6.45, 7) is 1.74. The van der Waals surface area contributed by atoms with Crippen LogP contribution in [0.4, 0.5) is 0 Å². The first kappa shape index (κ1) is 14.4. The first-order valence-electron chi connectivity index (χ1n) is 7.87. The molecule has 1 unspecified atom stereocenters. The average molecular weight is 294 g/mol. The minimum Gasteiger partial charge on any atom is -0.480 e. The van der Waals surface area contributed by atoms with Gasteiger partial charge in [0.1, 0.15) is 6.04 Å². The zero-order valence-corrected chi connectivity index (χ0v) is 12.2. The zero-order chi connectivity index (χ0) is 15.0. The van der Waals surface area contributed by atoms with Crippen LogP contribution in [0, 0.1) is 11.8 Å². The number of aliphatic carboxylic acids is 1. The molecule has 2 amide bonds. The van der Waals surface area contributed by atoms with Crippen LogP contribution >= 0.6 is 0 Å². The molecule has 2 aliphatic heterocycles. The van der Waals surface area contributed by atoms with Gasteiger partial charge in [-0.25, -0.2) is 4.79 Å². The van der Waals surface area contributed by atoms with Crippen molar-refractivity contribution in [1.29, 1.82) is 0 Å². The number of likely N-dealkylation sites (tertiary alicyclic amines) is 2. The van der Waals surface area contributed by atoms with Crippen LogP contribution in [-0.2, 0) is 14.4 Å². The van der Waals surface area contributed by atoms with E-state index in [0.717, 1.165) is 19.4 Å². The summed E-state index contributed by atoms with van der Waals surface area (Å²) in [5.41, 5.74) is 0. The molecule has 0 aromatic heterocycles. The monoisotopic (exact) mass is 294 g/mol. The van der Waals surface area contributed by atoms with Gasteiger partial charge in [-0.05, 0) is 38.0 Å². The van der Waals surface area contributed by atoms with Crippen LogP contribution in [0.15, 0.2) is 0 Å². The number of carboxylic acid groups (broad SMARTS) is 1. The summed E-state index contributed by atoms with van der Waals surface area (Å²) in [4.78, 5) is 39.2. The molecule has 0 aromatic carbocycles. The van der Waals surface area contributed by atoms with Gasteiger partial charge in [-0.2, -0.15) is 0 Å². The summed E-state index contributed by atoms with van der Waals surface area (Å²) in [5.74, 6) is -0.763. The molecular formula is C15H22N2O4. The van der Waals surface area contributed by atoms with Gasteiger partial charge >= 0.3 is 5.97 Å². The van der Waals surface area contributed by atoms with Crippen molar-refractivity contribution in [2.24, 2.45) is 11.8 Å². The largest absolute Gasteiger partial charge is 0.480 e. The van der Waals surface area contributed by atoms with Gasteiger partial charge in [0.25, 0.3) is 0 Å². The maximum Gasteiger partial charge on any atom is 0.326 e. The fraction of sp³-hybridized carbons (Fsp3) is 0.800. The molecule has 116 valence electrons. The second-order valence-electron chi connectivity index (χ2n) is 6.52. The topological polar surface area (TPSA) is 77.9 Å². The van der Waals surface area contributed by atoms with Gasteiger partial charge in [-0.15, -0.1) is 0 Å². The molecule has 2 atom stereocenters. The minimum absolute atomic E-state index is 0.0455. The summed E-state index contributed by atoms with van der Waals surface area (Å²) in [6, 6.07) is -0.709. The smallest absolute Gasteiger partial charge is 0.326 e. The number of hydrogen-bond donors (Lipinski definition) is 1. The lowest BCUT2D eigenvalue weighted by molar-refractivity contribution is -0.153. The summed E-state index contributed by atoms with van der Waals surface area (Å²) >= 11 is 0. The van der Waals surface area contributed by atoms with Gasteiger partial charge in [0.15, 0.2) is 0 Å². The fourth-order valence-corrected chi connectivity index (χ4v) is 3.41. The van der Waals surface area contributed by atoms with E-state index in [2.05, 4.69) is 0 Å². The molecule has 6 heteroatoms. The second kappa shape index (κ2) is 5.66. The molecule has 2 saturated heterocycles. The fourth-order valence-electron chi connectivity index (χ4n) is 3.41. The van der Waals surface area contributed by atoms with Crippen LogP contribution < -0.4 is 0 Å². The van der Waals surface area contributed by atoms with Crippen molar-refractivity contribution in [2.45, 2.75) is 44.6 Å². The highest BCUT2D eigenvalue weighted by molar-refractivity contribution is 5.91. The molecule has 21 heavy (non-hydrogen) atoms. The van der Waals surface area contributed by atoms with Gasteiger partial charge in [0, 0.05) is 26.1 Å². The normalized spacial score (nSPS) is 29.8. The molecule has 1 N–H and O–H groups in total. The number of carboxylic acids is 1. The standard InChI is InChI=1S/C15H22N2O4/c18-13-7-11(9-16(13)8-10-4-5-10)14(19)17-6-2-1-3-12(17)15(20)21/h10-12H,1-9H2,(H,20,21)/t11?,12-/m0/s1. The van der Waals surface area contributed by atoms with E-state index in [0.29, 0.717) is 25.4 Å². The number of hydrogen-bond acceptors (Lipinski definition) is 3. The second-order valence-corrected chi connectivity index (χ2v) is 6.52. The Morgan fingerprint density at radius 3 is 2.62 bits per heavy atom. The Kier molecular flexibility index (Phi) is 3.87. The average Bonchev–Trinajstić information content (AvgIpc) is 3.21. The Morgan fingerprint density at radius 2 is 1.95 bits per heavy atom. The Morgan fingerprint density at radius 1 is 1.19 bits per heavy atom. The van der Waals surface area contributed by atoms with Crippen molar-refractivity contribution in [1.82, 2.24) is 9.80 Å². The van der Waals surface area contributed by atoms with E-state index in [1.54, 1.807) is 4.90 Å². The number of carbonyl (C=O) groups excluding carboxylic acids is 2. The third-order valence-electron chi connectivity index (χ3n) is 4.81. The van der Waals surface area contributed by atoms with Crippen LogP contribution in [0.3, 0.4) is 0 Å². The molecule has 0 radical (unpaired) electrons. The van der Waals surface area contributed by atoms with Crippen LogP contribution in [-0.4, -0.2) is 58.4 Å². The molecule has 0 aromatic rings. The molecule has 3 fully saturated rings. The lowest BCUT2D eigenvalue weighted by atomic mass is 9.98. The van der Waals surface area contributed by atoms with E-state index in [1.807, 2.05) is 0 Å². The van der Waals surface area contributed by atoms with Gasteiger partial charge in [-0.3, -0.25) is 9.59 Å². The van der Waals surface area contributed by atoms with Crippen molar-refractivity contribution in [2.75, 3.05) is 19.6 Å².